The Morgan fingerprint density at radius 1 is 1.55 bits per heavy atom. The second-order valence-corrected chi connectivity index (χ2v) is 3.51. The molecular weight excluding hydrogens is 158 g/mol. The van der Waals surface area contributed by atoms with Crippen LogP contribution >= 0.6 is 10.9 Å². The monoisotopic (exact) mass is 166 g/mol. The van der Waals surface area contributed by atoms with Gasteiger partial charge in [-0.25, -0.2) is 9.69 Å². The number of rotatable bonds is 0. The van der Waals surface area contributed by atoms with Gasteiger partial charge >= 0.3 is 5.91 Å². The summed E-state index contributed by atoms with van der Waals surface area (Å²) in [7, 11) is 1.52. The predicted molar refractivity (Wildman–Crippen MR) is 47.5 cm³/mol. The third-order valence-corrected chi connectivity index (χ3v) is 2.62. The van der Waals surface area contributed by atoms with Gasteiger partial charge in [-0.2, -0.15) is 0 Å². The fourth-order valence-electron chi connectivity index (χ4n) is 1.11. The smallest absolute Gasteiger partial charge is 0.224 e. The number of fused-ring (bicyclic) bond motifs is 1. The first-order valence-corrected chi connectivity index (χ1v) is 4.30. The molecule has 0 aromatic rings. The van der Waals surface area contributed by atoms with E-state index in [4.69, 9.17) is 0 Å². The molecule has 2 aliphatic heterocycles. The number of carbonyl (C=O) groups excluding carboxylic acids is 1. The van der Waals surface area contributed by atoms with Gasteiger partial charge in [-0.05, 0) is 18.6 Å². The van der Waals surface area contributed by atoms with Gasteiger partial charge in [0.05, 0.1) is 0 Å². The molecule has 2 nitrogen and oxygen atoms in total. The van der Waals surface area contributed by atoms with E-state index in [-0.39, 0.29) is 5.91 Å². The number of carbonyl (C=O) groups is 1. The molecule has 1 N–H and O–H groups in total. The first kappa shape index (κ1) is 6.76. The minimum absolute atomic E-state index is 0.144. The number of allylic oxidation sites excluding steroid dienone is 2. The van der Waals surface area contributed by atoms with E-state index in [1.165, 1.54) is 16.5 Å². The average molecular weight is 166 g/mol. The second-order valence-electron chi connectivity index (χ2n) is 2.60. The van der Waals surface area contributed by atoms with Gasteiger partial charge in [0.1, 0.15) is 11.6 Å². The topological polar surface area (TPSA) is 21.5 Å². The quantitative estimate of drug-likeness (QED) is 0.484. The van der Waals surface area contributed by atoms with Gasteiger partial charge in [0.2, 0.25) is 0 Å². The van der Waals surface area contributed by atoms with E-state index in [1.807, 2.05) is 25.3 Å². The lowest BCUT2D eigenvalue weighted by Gasteiger charge is -2.08. The summed E-state index contributed by atoms with van der Waals surface area (Å²) in [6.45, 7) is 2.03. The zero-order valence-corrected chi connectivity index (χ0v) is 6.94. The SMILES string of the molecule is CC1=CC2=S=CC(=O)[NH+]2C=C1. The van der Waals surface area contributed by atoms with E-state index in [2.05, 4.69) is 0 Å². The first-order chi connectivity index (χ1) is 5.27. The van der Waals surface area contributed by atoms with Crippen molar-refractivity contribution in [3.63, 3.8) is 0 Å². The highest BCUT2D eigenvalue weighted by Crippen LogP contribution is 1.98. The molecule has 0 aliphatic carbocycles. The maximum absolute atomic E-state index is 11.1. The Morgan fingerprint density at radius 3 is 3.18 bits per heavy atom. The summed E-state index contributed by atoms with van der Waals surface area (Å²) in [6.07, 6.45) is 5.90. The molecule has 3 heteroatoms. The molecule has 1 atom stereocenters. The predicted octanol–water partition coefficient (Wildman–Crippen LogP) is -0.450. The molecule has 56 valence electrons. The van der Waals surface area contributed by atoms with E-state index in [0.717, 1.165) is 9.89 Å². The van der Waals surface area contributed by atoms with Crippen molar-refractivity contribution in [1.29, 1.82) is 0 Å². The summed E-state index contributed by atoms with van der Waals surface area (Å²) < 4.78 is 0. The molecule has 0 saturated heterocycles. The van der Waals surface area contributed by atoms with E-state index < -0.39 is 0 Å². The van der Waals surface area contributed by atoms with Crippen LogP contribution in [-0.4, -0.2) is 16.3 Å². The summed E-state index contributed by atoms with van der Waals surface area (Å²) >= 11 is 0. The molecule has 0 aromatic carbocycles. The molecule has 1 amide bonds. The van der Waals surface area contributed by atoms with Gasteiger partial charge in [0, 0.05) is 6.08 Å². The van der Waals surface area contributed by atoms with Crippen LogP contribution in [0.3, 0.4) is 0 Å². The first-order valence-electron chi connectivity index (χ1n) is 3.42. The van der Waals surface area contributed by atoms with Gasteiger partial charge in [-0.15, -0.1) is 0 Å². The third kappa shape index (κ3) is 1.02. The van der Waals surface area contributed by atoms with Gasteiger partial charge in [-0.3, -0.25) is 0 Å². The molecule has 0 bridgehead atoms. The lowest BCUT2D eigenvalue weighted by Crippen LogP contribution is -3.12. The Bertz CT molecular complexity index is 345. The highest BCUT2D eigenvalue weighted by atomic mass is 32.1. The molecule has 1 unspecified atom stereocenters. The third-order valence-electron chi connectivity index (χ3n) is 1.70. The molecule has 0 saturated carbocycles. The highest BCUT2D eigenvalue weighted by molar-refractivity contribution is 7.98. The van der Waals surface area contributed by atoms with Gasteiger partial charge in [0.25, 0.3) is 0 Å². The number of amides is 1. The number of quaternary nitrogens is 1. The van der Waals surface area contributed by atoms with E-state index >= 15 is 0 Å². The Hall–Kier alpha value is -0.930. The average Bonchev–Trinajstić information content (AvgIpc) is 2.32. The molecule has 0 radical (unpaired) electrons. The molecule has 0 fully saturated rings. The van der Waals surface area contributed by atoms with Gasteiger partial charge in [0.15, 0.2) is 4.99 Å². The van der Waals surface area contributed by atoms with Crippen LogP contribution in [0.25, 0.3) is 0 Å². The minimum Gasteiger partial charge on any atom is -0.224 e. The maximum Gasteiger partial charge on any atom is 0.357 e. The van der Waals surface area contributed by atoms with Crippen LogP contribution in [-0.2, 0) is 4.79 Å². The zero-order chi connectivity index (χ0) is 7.84. The molecule has 2 heterocycles. The van der Waals surface area contributed by atoms with Crippen molar-refractivity contribution < 1.29 is 9.69 Å². The van der Waals surface area contributed by atoms with E-state index in [0.29, 0.717) is 0 Å². The second kappa shape index (κ2) is 2.29. The number of nitrogens with one attached hydrogen (secondary N) is 1. The summed E-state index contributed by atoms with van der Waals surface area (Å²) in [5.41, 5.74) is 1.21. The maximum atomic E-state index is 11.1. The van der Waals surface area contributed by atoms with Crippen LogP contribution in [0.5, 0.6) is 0 Å². The van der Waals surface area contributed by atoms with Crippen LogP contribution in [0.4, 0.5) is 0 Å². The van der Waals surface area contributed by atoms with Gasteiger partial charge < -0.3 is 0 Å². The van der Waals surface area contributed by atoms with Crippen molar-refractivity contribution in [2.75, 3.05) is 0 Å². The molecule has 0 spiro atoms. The van der Waals surface area contributed by atoms with Crippen LogP contribution in [0.1, 0.15) is 6.92 Å². The zero-order valence-electron chi connectivity index (χ0n) is 6.13. The number of hydrogen-bond donors (Lipinski definition) is 1. The van der Waals surface area contributed by atoms with E-state index in [1.54, 1.807) is 5.37 Å². The standard InChI is InChI=1S/C8H7NOS/c1-6-2-3-9-7(10)5-11-8(9)4-6/h2-5H,1H3/p+1. The van der Waals surface area contributed by atoms with Crippen molar-refractivity contribution in [1.82, 2.24) is 0 Å². The highest BCUT2D eigenvalue weighted by Gasteiger charge is 2.25. The molecular formula is C8H8NOS+. The van der Waals surface area contributed by atoms with Crippen LogP contribution < -0.4 is 4.90 Å². The van der Waals surface area contributed by atoms with Crippen molar-refractivity contribution >= 4 is 27.2 Å². The van der Waals surface area contributed by atoms with Crippen LogP contribution in [0.15, 0.2) is 23.9 Å². The van der Waals surface area contributed by atoms with Crippen LogP contribution in [0, 0.1) is 0 Å². The fraction of sp³-hybridized carbons (Fsp3) is 0.125. The lowest BCUT2D eigenvalue weighted by molar-refractivity contribution is -0.647. The Kier molecular flexibility index (Phi) is 1.41. The van der Waals surface area contributed by atoms with Crippen molar-refractivity contribution in [3.05, 3.63) is 23.9 Å². The van der Waals surface area contributed by atoms with Crippen molar-refractivity contribution in [2.45, 2.75) is 6.92 Å². The van der Waals surface area contributed by atoms with Crippen molar-refractivity contribution in [2.24, 2.45) is 0 Å². The number of hydrogen-bond acceptors (Lipinski definition) is 1. The summed E-state index contributed by atoms with van der Waals surface area (Å²) in [5, 5.41) is 1.66. The summed E-state index contributed by atoms with van der Waals surface area (Å²) in [4.78, 5) is 13.0. The Morgan fingerprint density at radius 2 is 2.36 bits per heavy atom. The summed E-state index contributed by atoms with van der Waals surface area (Å²) in [5.74, 6) is 0.144. The largest absolute Gasteiger partial charge is 0.357 e. The van der Waals surface area contributed by atoms with E-state index in [9.17, 15) is 4.79 Å². The molecule has 2 rings (SSSR count). The van der Waals surface area contributed by atoms with Crippen LogP contribution in [0.2, 0.25) is 0 Å². The van der Waals surface area contributed by atoms with Gasteiger partial charge in [-0.1, -0.05) is 10.9 Å². The fourth-order valence-corrected chi connectivity index (χ4v) is 2.02. The van der Waals surface area contributed by atoms with Crippen molar-refractivity contribution in [3.8, 4) is 0 Å². The summed E-state index contributed by atoms with van der Waals surface area (Å²) in [6, 6.07) is 0. The molecule has 0 aromatic heterocycles. The molecule has 11 heavy (non-hydrogen) atoms. The Labute approximate surface area is 68.4 Å². The minimum atomic E-state index is 0.144. The lowest BCUT2D eigenvalue weighted by atomic mass is 10.2. The normalized spacial score (nSPS) is 27.4. The Balaban J connectivity index is 2.45. The molecule has 2 aliphatic rings.